The molecule has 0 spiro atoms. The van der Waals surface area contributed by atoms with Crippen LogP contribution in [0.2, 0.25) is 0 Å². The fourth-order valence-corrected chi connectivity index (χ4v) is 3.44. The number of carboxylic acids is 1. The number of benzene rings is 1. The van der Waals surface area contributed by atoms with Crippen molar-refractivity contribution in [3.05, 3.63) is 46.2 Å². The van der Waals surface area contributed by atoms with Crippen LogP contribution in [0.3, 0.4) is 0 Å². The lowest BCUT2D eigenvalue weighted by atomic mass is 9.74. The standard InChI is InChI=1S/C17H18BrN3O3/c1-11-14(10-19-21(11)13-5-2-4-12(18)8-13)16(24)20-17(6-3-7-17)9-15(22)23/h2,4-5,8,10H,3,6-7,9H2,1H3,(H,20,24)(H,22,23). The summed E-state index contributed by atoms with van der Waals surface area (Å²) in [6, 6.07) is 7.64. The van der Waals surface area contributed by atoms with Crippen LogP contribution < -0.4 is 5.32 Å². The van der Waals surface area contributed by atoms with E-state index in [0.29, 0.717) is 18.4 Å². The lowest BCUT2D eigenvalue weighted by molar-refractivity contribution is -0.139. The van der Waals surface area contributed by atoms with Gasteiger partial charge < -0.3 is 10.4 Å². The van der Waals surface area contributed by atoms with Gasteiger partial charge in [0, 0.05) is 4.47 Å². The van der Waals surface area contributed by atoms with Gasteiger partial charge in [0.25, 0.3) is 5.91 Å². The highest BCUT2D eigenvalue weighted by Gasteiger charge is 2.40. The van der Waals surface area contributed by atoms with Crippen LogP contribution in [0.15, 0.2) is 34.9 Å². The van der Waals surface area contributed by atoms with Crippen molar-refractivity contribution in [2.75, 3.05) is 0 Å². The minimum atomic E-state index is -0.892. The first-order valence-corrected chi connectivity index (χ1v) is 8.54. The molecule has 126 valence electrons. The molecule has 0 radical (unpaired) electrons. The van der Waals surface area contributed by atoms with Crippen LogP contribution in [0.5, 0.6) is 0 Å². The molecule has 1 aliphatic rings. The van der Waals surface area contributed by atoms with Crippen molar-refractivity contribution < 1.29 is 14.7 Å². The molecule has 24 heavy (non-hydrogen) atoms. The van der Waals surface area contributed by atoms with E-state index >= 15 is 0 Å². The Morgan fingerprint density at radius 3 is 2.75 bits per heavy atom. The van der Waals surface area contributed by atoms with Gasteiger partial charge in [-0.2, -0.15) is 5.10 Å². The fourth-order valence-electron chi connectivity index (χ4n) is 3.05. The minimum Gasteiger partial charge on any atom is -0.481 e. The highest BCUT2D eigenvalue weighted by atomic mass is 79.9. The average molecular weight is 392 g/mol. The Hall–Kier alpha value is -2.15. The fraction of sp³-hybridized carbons (Fsp3) is 0.353. The highest BCUT2D eigenvalue weighted by molar-refractivity contribution is 9.10. The summed E-state index contributed by atoms with van der Waals surface area (Å²) in [5.41, 5.74) is 1.42. The van der Waals surface area contributed by atoms with Gasteiger partial charge >= 0.3 is 5.97 Å². The second kappa shape index (κ2) is 6.39. The second-order valence-corrected chi connectivity index (χ2v) is 7.11. The number of hydrogen-bond donors (Lipinski definition) is 2. The van der Waals surface area contributed by atoms with E-state index in [1.165, 1.54) is 6.20 Å². The second-order valence-electron chi connectivity index (χ2n) is 6.19. The summed E-state index contributed by atoms with van der Waals surface area (Å²) in [6.45, 7) is 1.83. The number of amides is 1. The van der Waals surface area contributed by atoms with E-state index in [0.717, 1.165) is 22.3 Å². The summed E-state index contributed by atoms with van der Waals surface area (Å²) in [7, 11) is 0. The van der Waals surface area contributed by atoms with Crippen LogP contribution in [-0.2, 0) is 4.79 Å². The number of carbonyl (C=O) groups is 2. The lowest BCUT2D eigenvalue weighted by Gasteiger charge is -2.41. The number of rotatable bonds is 5. The molecule has 6 nitrogen and oxygen atoms in total. The molecule has 1 heterocycles. The zero-order valence-electron chi connectivity index (χ0n) is 13.3. The molecule has 0 atom stereocenters. The lowest BCUT2D eigenvalue weighted by Crippen LogP contribution is -2.54. The van der Waals surface area contributed by atoms with Crippen LogP contribution in [0.4, 0.5) is 0 Å². The number of hydrogen-bond acceptors (Lipinski definition) is 3. The maximum Gasteiger partial charge on any atom is 0.305 e. The smallest absolute Gasteiger partial charge is 0.305 e. The first kappa shape index (κ1) is 16.7. The van der Waals surface area contributed by atoms with Crippen molar-refractivity contribution in [3.8, 4) is 5.69 Å². The van der Waals surface area contributed by atoms with Crippen LogP contribution in [0.1, 0.15) is 41.7 Å². The molecule has 0 aliphatic heterocycles. The van der Waals surface area contributed by atoms with Gasteiger partial charge in [0.15, 0.2) is 0 Å². The molecular formula is C17H18BrN3O3. The van der Waals surface area contributed by atoms with Crippen LogP contribution in [0, 0.1) is 6.92 Å². The van der Waals surface area contributed by atoms with Gasteiger partial charge in [-0.25, -0.2) is 4.68 Å². The Morgan fingerprint density at radius 2 is 2.17 bits per heavy atom. The average Bonchev–Trinajstić information content (AvgIpc) is 2.86. The molecule has 1 amide bonds. The molecule has 3 rings (SSSR count). The van der Waals surface area contributed by atoms with E-state index in [1.54, 1.807) is 4.68 Å². The number of aromatic nitrogens is 2. The zero-order valence-corrected chi connectivity index (χ0v) is 14.8. The summed E-state index contributed by atoms with van der Waals surface area (Å²) in [4.78, 5) is 23.6. The Balaban J connectivity index is 1.83. The molecule has 1 saturated carbocycles. The molecule has 1 aromatic carbocycles. The summed E-state index contributed by atoms with van der Waals surface area (Å²) in [5.74, 6) is -1.16. The molecule has 0 saturated heterocycles. The molecule has 1 fully saturated rings. The highest BCUT2D eigenvalue weighted by Crippen LogP contribution is 2.35. The monoisotopic (exact) mass is 391 g/mol. The summed E-state index contributed by atoms with van der Waals surface area (Å²) in [5, 5.41) is 16.3. The predicted octanol–water partition coefficient (Wildman–Crippen LogP) is 3.07. The first-order valence-electron chi connectivity index (χ1n) is 7.75. The number of aliphatic carboxylic acids is 1. The van der Waals surface area contributed by atoms with Crippen molar-refractivity contribution >= 4 is 27.8 Å². The van der Waals surface area contributed by atoms with Gasteiger partial charge in [-0.1, -0.05) is 22.0 Å². The van der Waals surface area contributed by atoms with E-state index in [-0.39, 0.29) is 12.3 Å². The molecule has 0 bridgehead atoms. The number of nitrogens with one attached hydrogen (secondary N) is 1. The van der Waals surface area contributed by atoms with E-state index in [4.69, 9.17) is 5.11 Å². The third-order valence-corrected chi connectivity index (χ3v) is 4.98. The van der Waals surface area contributed by atoms with Crippen molar-refractivity contribution in [3.63, 3.8) is 0 Å². The number of nitrogens with zero attached hydrogens (tertiary/aromatic N) is 2. The molecule has 2 N–H and O–H groups in total. The summed E-state index contributed by atoms with van der Waals surface area (Å²) >= 11 is 3.42. The van der Waals surface area contributed by atoms with E-state index in [9.17, 15) is 9.59 Å². The SMILES string of the molecule is Cc1c(C(=O)NC2(CC(=O)O)CCC2)cnn1-c1cccc(Br)c1. The minimum absolute atomic E-state index is 0.0441. The Bertz CT molecular complexity index is 796. The third-order valence-electron chi connectivity index (χ3n) is 4.49. The molecule has 0 unspecified atom stereocenters. The van der Waals surface area contributed by atoms with E-state index in [1.807, 2.05) is 31.2 Å². The Labute approximate surface area is 148 Å². The Morgan fingerprint density at radius 1 is 1.42 bits per heavy atom. The van der Waals surface area contributed by atoms with Crippen LogP contribution in [-0.4, -0.2) is 32.3 Å². The van der Waals surface area contributed by atoms with E-state index in [2.05, 4.69) is 26.3 Å². The van der Waals surface area contributed by atoms with Crippen LogP contribution >= 0.6 is 15.9 Å². The quantitative estimate of drug-likeness (QED) is 0.819. The molecule has 7 heteroatoms. The van der Waals surface area contributed by atoms with Gasteiger partial charge in [-0.05, 0) is 44.4 Å². The van der Waals surface area contributed by atoms with Gasteiger partial charge in [0.05, 0.1) is 35.1 Å². The molecule has 1 aromatic heterocycles. The maximum absolute atomic E-state index is 12.6. The van der Waals surface area contributed by atoms with Gasteiger partial charge in [-0.15, -0.1) is 0 Å². The van der Waals surface area contributed by atoms with E-state index < -0.39 is 11.5 Å². The zero-order chi connectivity index (χ0) is 17.3. The normalized spacial score (nSPS) is 15.6. The van der Waals surface area contributed by atoms with Crippen molar-refractivity contribution in [2.45, 2.75) is 38.1 Å². The van der Waals surface area contributed by atoms with Crippen LogP contribution in [0.25, 0.3) is 5.69 Å². The summed E-state index contributed by atoms with van der Waals surface area (Å²) in [6.07, 6.45) is 3.81. The van der Waals surface area contributed by atoms with Crippen molar-refractivity contribution in [2.24, 2.45) is 0 Å². The molecule has 1 aliphatic carbocycles. The third kappa shape index (κ3) is 3.21. The predicted molar refractivity (Wildman–Crippen MR) is 92.3 cm³/mol. The van der Waals surface area contributed by atoms with Crippen molar-refractivity contribution in [1.82, 2.24) is 15.1 Å². The number of carbonyl (C=O) groups excluding carboxylic acids is 1. The summed E-state index contributed by atoms with van der Waals surface area (Å²) < 4.78 is 2.63. The van der Waals surface area contributed by atoms with Gasteiger partial charge in [0.2, 0.25) is 0 Å². The molecule has 2 aromatic rings. The maximum atomic E-state index is 12.6. The Kier molecular flexibility index (Phi) is 4.45. The van der Waals surface area contributed by atoms with Gasteiger partial charge in [-0.3, -0.25) is 9.59 Å². The molecular weight excluding hydrogens is 374 g/mol. The topological polar surface area (TPSA) is 84.2 Å². The number of carboxylic acid groups (broad SMARTS) is 1. The number of halogens is 1. The first-order chi connectivity index (χ1) is 11.4. The van der Waals surface area contributed by atoms with Gasteiger partial charge in [0.1, 0.15) is 0 Å². The van der Waals surface area contributed by atoms with Crippen molar-refractivity contribution in [1.29, 1.82) is 0 Å². The largest absolute Gasteiger partial charge is 0.481 e.